The van der Waals surface area contributed by atoms with E-state index in [1.54, 1.807) is 11.3 Å². The molecule has 0 saturated heterocycles. The molecular formula is C11H16BrNOS. The Morgan fingerprint density at radius 3 is 2.53 bits per heavy atom. The highest BCUT2D eigenvalue weighted by molar-refractivity contribution is 9.11. The SMILES string of the molecule is NC(c1ccc(Br)s1)C1CCC(O)CC1. The van der Waals surface area contributed by atoms with Gasteiger partial charge in [0.15, 0.2) is 0 Å². The summed E-state index contributed by atoms with van der Waals surface area (Å²) in [6.07, 6.45) is 3.83. The minimum atomic E-state index is -0.0940. The van der Waals surface area contributed by atoms with Crippen molar-refractivity contribution < 1.29 is 5.11 Å². The first-order chi connectivity index (χ1) is 7.16. The highest BCUT2D eigenvalue weighted by Crippen LogP contribution is 2.36. The van der Waals surface area contributed by atoms with Crippen LogP contribution in [0.15, 0.2) is 15.9 Å². The normalized spacial score (nSPS) is 29.0. The number of nitrogens with two attached hydrogens (primary N) is 1. The fourth-order valence-corrected chi connectivity index (χ4v) is 3.72. The second kappa shape index (κ2) is 4.95. The Labute approximate surface area is 103 Å². The molecule has 4 heteroatoms. The van der Waals surface area contributed by atoms with Crippen molar-refractivity contribution in [2.24, 2.45) is 11.7 Å². The molecule has 1 unspecified atom stereocenters. The Kier molecular flexibility index (Phi) is 3.83. The molecule has 0 aliphatic heterocycles. The highest BCUT2D eigenvalue weighted by atomic mass is 79.9. The van der Waals surface area contributed by atoms with Gasteiger partial charge in [-0.3, -0.25) is 0 Å². The third-order valence-electron chi connectivity index (χ3n) is 3.17. The van der Waals surface area contributed by atoms with Crippen LogP contribution < -0.4 is 5.73 Å². The van der Waals surface area contributed by atoms with Crippen molar-refractivity contribution >= 4 is 27.3 Å². The van der Waals surface area contributed by atoms with Crippen LogP contribution in [-0.4, -0.2) is 11.2 Å². The van der Waals surface area contributed by atoms with E-state index in [1.165, 1.54) is 4.88 Å². The van der Waals surface area contributed by atoms with Crippen LogP contribution in [0.3, 0.4) is 0 Å². The zero-order chi connectivity index (χ0) is 10.8. The quantitative estimate of drug-likeness (QED) is 0.879. The summed E-state index contributed by atoms with van der Waals surface area (Å²) in [6, 6.07) is 4.30. The van der Waals surface area contributed by atoms with Gasteiger partial charge in [-0.25, -0.2) is 0 Å². The van der Waals surface area contributed by atoms with Gasteiger partial charge in [-0.05, 0) is 59.7 Å². The molecule has 1 atom stereocenters. The van der Waals surface area contributed by atoms with E-state index in [-0.39, 0.29) is 12.1 Å². The molecule has 3 N–H and O–H groups in total. The number of halogens is 1. The second-order valence-electron chi connectivity index (χ2n) is 4.24. The number of aliphatic hydroxyl groups excluding tert-OH is 1. The van der Waals surface area contributed by atoms with E-state index in [0.29, 0.717) is 5.92 Å². The lowest BCUT2D eigenvalue weighted by atomic mass is 9.82. The molecule has 1 saturated carbocycles. The molecule has 2 rings (SSSR count). The summed E-state index contributed by atoms with van der Waals surface area (Å²) in [7, 11) is 0. The molecule has 0 bridgehead atoms. The molecule has 0 radical (unpaired) electrons. The third kappa shape index (κ3) is 2.81. The predicted octanol–water partition coefficient (Wildman–Crippen LogP) is 3.06. The summed E-state index contributed by atoms with van der Waals surface area (Å²) in [5.41, 5.74) is 6.24. The Morgan fingerprint density at radius 2 is 2.00 bits per heavy atom. The molecule has 15 heavy (non-hydrogen) atoms. The zero-order valence-electron chi connectivity index (χ0n) is 8.53. The number of aliphatic hydroxyl groups is 1. The molecular weight excluding hydrogens is 274 g/mol. The molecule has 0 aromatic carbocycles. The standard InChI is InChI=1S/C11H16BrNOS/c12-10-6-5-9(15-10)11(13)7-1-3-8(14)4-2-7/h5-8,11,14H,1-4,13H2. The summed E-state index contributed by atoms with van der Waals surface area (Å²) in [6.45, 7) is 0. The Morgan fingerprint density at radius 1 is 1.33 bits per heavy atom. The molecule has 84 valence electrons. The summed E-state index contributed by atoms with van der Waals surface area (Å²) in [5, 5.41) is 9.44. The lowest BCUT2D eigenvalue weighted by Gasteiger charge is -2.29. The van der Waals surface area contributed by atoms with E-state index in [4.69, 9.17) is 5.73 Å². The van der Waals surface area contributed by atoms with Crippen molar-refractivity contribution in [2.45, 2.75) is 37.8 Å². The van der Waals surface area contributed by atoms with Crippen LogP contribution in [-0.2, 0) is 0 Å². The first-order valence-electron chi connectivity index (χ1n) is 5.35. The monoisotopic (exact) mass is 289 g/mol. The molecule has 1 aromatic heterocycles. The van der Waals surface area contributed by atoms with Gasteiger partial charge in [-0.15, -0.1) is 11.3 Å². The predicted molar refractivity (Wildman–Crippen MR) is 66.9 cm³/mol. The van der Waals surface area contributed by atoms with Crippen molar-refractivity contribution in [2.75, 3.05) is 0 Å². The maximum Gasteiger partial charge on any atom is 0.0701 e. The van der Waals surface area contributed by atoms with Gasteiger partial charge in [0.1, 0.15) is 0 Å². The maximum absolute atomic E-state index is 9.44. The maximum atomic E-state index is 9.44. The topological polar surface area (TPSA) is 46.2 Å². The molecule has 1 aliphatic rings. The molecule has 1 heterocycles. The van der Waals surface area contributed by atoms with Gasteiger partial charge >= 0.3 is 0 Å². The summed E-state index contributed by atoms with van der Waals surface area (Å²) in [4.78, 5) is 1.25. The smallest absolute Gasteiger partial charge is 0.0701 e. The van der Waals surface area contributed by atoms with Crippen LogP contribution >= 0.6 is 27.3 Å². The van der Waals surface area contributed by atoms with E-state index < -0.39 is 0 Å². The van der Waals surface area contributed by atoms with E-state index in [9.17, 15) is 5.11 Å². The molecule has 2 nitrogen and oxygen atoms in total. The molecule has 1 fully saturated rings. The fourth-order valence-electron chi connectivity index (χ4n) is 2.20. The van der Waals surface area contributed by atoms with Crippen LogP contribution in [0.25, 0.3) is 0 Å². The van der Waals surface area contributed by atoms with Crippen LogP contribution in [0, 0.1) is 5.92 Å². The lowest BCUT2D eigenvalue weighted by molar-refractivity contribution is 0.102. The van der Waals surface area contributed by atoms with Crippen molar-refractivity contribution in [3.05, 3.63) is 20.8 Å². The highest BCUT2D eigenvalue weighted by Gasteiger charge is 2.26. The number of rotatable bonds is 2. The number of thiophene rings is 1. The van der Waals surface area contributed by atoms with Crippen molar-refractivity contribution in [3.8, 4) is 0 Å². The van der Waals surface area contributed by atoms with E-state index in [2.05, 4.69) is 28.1 Å². The van der Waals surface area contributed by atoms with Crippen LogP contribution in [0.2, 0.25) is 0 Å². The minimum Gasteiger partial charge on any atom is -0.393 e. The average Bonchev–Trinajstić information content (AvgIpc) is 2.65. The Balaban J connectivity index is 1.99. The van der Waals surface area contributed by atoms with Crippen LogP contribution in [0.5, 0.6) is 0 Å². The minimum absolute atomic E-state index is 0.0940. The summed E-state index contributed by atoms with van der Waals surface area (Å²) < 4.78 is 1.14. The Hall–Kier alpha value is 0.1000. The van der Waals surface area contributed by atoms with Gasteiger partial charge in [-0.1, -0.05) is 0 Å². The average molecular weight is 290 g/mol. The third-order valence-corrected chi connectivity index (χ3v) is 4.90. The Bertz CT molecular complexity index is 320. The number of hydrogen-bond donors (Lipinski definition) is 2. The molecule has 0 spiro atoms. The van der Waals surface area contributed by atoms with E-state index in [1.807, 2.05) is 0 Å². The molecule has 1 aliphatic carbocycles. The van der Waals surface area contributed by atoms with Crippen molar-refractivity contribution in [3.63, 3.8) is 0 Å². The van der Waals surface area contributed by atoms with Gasteiger partial charge in [-0.2, -0.15) is 0 Å². The first kappa shape index (κ1) is 11.6. The summed E-state index contributed by atoms with van der Waals surface area (Å²) >= 11 is 5.18. The number of hydrogen-bond acceptors (Lipinski definition) is 3. The van der Waals surface area contributed by atoms with Gasteiger partial charge in [0, 0.05) is 10.9 Å². The van der Waals surface area contributed by atoms with E-state index >= 15 is 0 Å². The van der Waals surface area contributed by atoms with Crippen molar-refractivity contribution in [1.29, 1.82) is 0 Å². The van der Waals surface area contributed by atoms with Crippen LogP contribution in [0.1, 0.15) is 36.6 Å². The zero-order valence-corrected chi connectivity index (χ0v) is 10.9. The van der Waals surface area contributed by atoms with Gasteiger partial charge in [0.2, 0.25) is 0 Å². The van der Waals surface area contributed by atoms with Crippen molar-refractivity contribution in [1.82, 2.24) is 0 Å². The fraction of sp³-hybridized carbons (Fsp3) is 0.636. The van der Waals surface area contributed by atoms with E-state index in [0.717, 1.165) is 29.5 Å². The van der Waals surface area contributed by atoms with Gasteiger partial charge in [0.25, 0.3) is 0 Å². The molecule has 1 aromatic rings. The summed E-state index contributed by atoms with van der Waals surface area (Å²) in [5.74, 6) is 0.541. The van der Waals surface area contributed by atoms with Crippen LogP contribution in [0.4, 0.5) is 0 Å². The lowest BCUT2D eigenvalue weighted by Crippen LogP contribution is -2.27. The largest absolute Gasteiger partial charge is 0.393 e. The van der Waals surface area contributed by atoms with Gasteiger partial charge in [0.05, 0.1) is 9.89 Å². The second-order valence-corrected chi connectivity index (χ2v) is 6.73. The first-order valence-corrected chi connectivity index (χ1v) is 6.96. The molecule has 0 amide bonds. The van der Waals surface area contributed by atoms with Gasteiger partial charge < -0.3 is 10.8 Å².